The van der Waals surface area contributed by atoms with Gasteiger partial charge in [0.25, 0.3) is 0 Å². The van der Waals surface area contributed by atoms with Crippen LogP contribution in [0.15, 0.2) is 18.2 Å². The average Bonchev–Trinajstić information content (AvgIpc) is 3.26. The number of ether oxygens (including phenoxy) is 2. The average molecular weight is 303 g/mol. The number of nitrogens with one attached hydrogen (secondary N) is 1. The van der Waals surface area contributed by atoms with Crippen molar-refractivity contribution >= 4 is 17.1 Å². The summed E-state index contributed by atoms with van der Waals surface area (Å²) in [6.45, 7) is 2.99. The van der Waals surface area contributed by atoms with E-state index in [-0.39, 0.29) is 6.03 Å². The SMILES string of the molecule is CCOc1nc2c(OC)cccc2n1C(=O)NCCC1CC1. The van der Waals surface area contributed by atoms with Crippen LogP contribution in [0, 0.1) is 5.92 Å². The van der Waals surface area contributed by atoms with Gasteiger partial charge in [0.15, 0.2) is 0 Å². The number of nitrogens with zero attached hydrogens (tertiary/aromatic N) is 2. The molecule has 1 aromatic heterocycles. The smallest absolute Gasteiger partial charge is 0.330 e. The van der Waals surface area contributed by atoms with Crippen molar-refractivity contribution in [3.8, 4) is 11.8 Å². The summed E-state index contributed by atoms with van der Waals surface area (Å²) >= 11 is 0. The zero-order chi connectivity index (χ0) is 15.5. The van der Waals surface area contributed by atoms with Gasteiger partial charge in [-0.3, -0.25) is 0 Å². The van der Waals surface area contributed by atoms with E-state index in [9.17, 15) is 4.79 Å². The summed E-state index contributed by atoms with van der Waals surface area (Å²) < 4.78 is 12.3. The number of aromatic nitrogens is 2. The molecule has 22 heavy (non-hydrogen) atoms. The molecule has 0 bridgehead atoms. The lowest BCUT2D eigenvalue weighted by molar-refractivity contribution is 0.235. The maximum absolute atomic E-state index is 12.5. The second-order valence-corrected chi connectivity index (χ2v) is 5.45. The van der Waals surface area contributed by atoms with Gasteiger partial charge in [-0.15, -0.1) is 0 Å². The fourth-order valence-electron chi connectivity index (χ4n) is 2.51. The molecule has 3 rings (SSSR count). The zero-order valence-electron chi connectivity index (χ0n) is 13.0. The molecule has 1 aliphatic rings. The van der Waals surface area contributed by atoms with Crippen LogP contribution in [0.5, 0.6) is 11.8 Å². The lowest BCUT2D eigenvalue weighted by atomic mass is 10.3. The van der Waals surface area contributed by atoms with Crippen LogP contribution in [-0.2, 0) is 0 Å². The van der Waals surface area contributed by atoms with E-state index in [0.29, 0.717) is 35.9 Å². The number of benzene rings is 1. The minimum Gasteiger partial charge on any atom is -0.494 e. The highest BCUT2D eigenvalue weighted by atomic mass is 16.5. The Morgan fingerprint density at radius 2 is 2.27 bits per heavy atom. The van der Waals surface area contributed by atoms with E-state index in [1.807, 2.05) is 25.1 Å². The number of rotatable bonds is 6. The van der Waals surface area contributed by atoms with Gasteiger partial charge >= 0.3 is 12.0 Å². The summed E-state index contributed by atoms with van der Waals surface area (Å²) in [7, 11) is 1.59. The minimum absolute atomic E-state index is 0.208. The first-order valence-corrected chi connectivity index (χ1v) is 7.71. The fourth-order valence-corrected chi connectivity index (χ4v) is 2.51. The lowest BCUT2D eigenvalue weighted by Gasteiger charge is -2.09. The predicted octanol–water partition coefficient (Wildman–Crippen LogP) is 2.80. The second kappa shape index (κ2) is 6.25. The Kier molecular flexibility index (Phi) is 4.18. The van der Waals surface area contributed by atoms with Gasteiger partial charge in [0, 0.05) is 6.54 Å². The van der Waals surface area contributed by atoms with Crippen molar-refractivity contribution in [1.82, 2.24) is 14.9 Å². The molecule has 2 aromatic rings. The highest BCUT2D eigenvalue weighted by Gasteiger charge is 2.23. The molecule has 118 valence electrons. The Labute approximate surface area is 129 Å². The predicted molar refractivity (Wildman–Crippen MR) is 83.6 cm³/mol. The molecule has 0 atom stereocenters. The first kappa shape index (κ1) is 14.7. The number of amides is 1. The highest BCUT2D eigenvalue weighted by Crippen LogP contribution is 2.32. The molecule has 0 radical (unpaired) electrons. The molecule has 1 heterocycles. The van der Waals surface area contributed by atoms with E-state index in [4.69, 9.17) is 9.47 Å². The number of methoxy groups -OCH3 is 1. The third-order valence-electron chi connectivity index (χ3n) is 3.84. The molecule has 6 nitrogen and oxygen atoms in total. The van der Waals surface area contributed by atoms with Gasteiger partial charge in [0.1, 0.15) is 11.3 Å². The molecular weight excluding hydrogens is 282 g/mol. The van der Waals surface area contributed by atoms with Crippen LogP contribution < -0.4 is 14.8 Å². The van der Waals surface area contributed by atoms with Gasteiger partial charge in [0.05, 0.1) is 19.2 Å². The molecule has 6 heteroatoms. The summed E-state index contributed by atoms with van der Waals surface area (Å²) in [5.74, 6) is 1.41. The zero-order valence-corrected chi connectivity index (χ0v) is 13.0. The monoisotopic (exact) mass is 303 g/mol. The standard InChI is InChI=1S/C16H21N3O3/c1-3-22-16-18-14-12(5-4-6-13(14)21-2)19(16)15(20)17-10-9-11-7-8-11/h4-6,11H,3,7-10H2,1-2H3,(H,17,20). The van der Waals surface area contributed by atoms with Crippen LogP contribution in [-0.4, -0.2) is 35.8 Å². The molecular formula is C16H21N3O3. The molecule has 0 unspecified atom stereocenters. The number of hydrogen-bond donors (Lipinski definition) is 1. The van der Waals surface area contributed by atoms with Gasteiger partial charge in [-0.05, 0) is 31.4 Å². The molecule has 0 aliphatic heterocycles. The Bertz CT molecular complexity index is 677. The van der Waals surface area contributed by atoms with E-state index >= 15 is 0 Å². The summed E-state index contributed by atoms with van der Waals surface area (Å²) in [5, 5.41) is 2.95. The lowest BCUT2D eigenvalue weighted by Crippen LogP contribution is -2.30. The van der Waals surface area contributed by atoms with Crippen molar-refractivity contribution in [2.45, 2.75) is 26.2 Å². The number of carbonyl (C=O) groups is 1. The summed E-state index contributed by atoms with van der Waals surface area (Å²) in [6, 6.07) is 5.59. The Morgan fingerprint density at radius 1 is 1.45 bits per heavy atom. The summed E-state index contributed by atoms with van der Waals surface area (Å²) in [5.41, 5.74) is 1.32. The third-order valence-corrected chi connectivity index (χ3v) is 3.84. The molecule has 0 saturated heterocycles. The maximum atomic E-state index is 12.5. The van der Waals surface area contributed by atoms with Crippen LogP contribution in [0.25, 0.3) is 11.0 Å². The highest BCUT2D eigenvalue weighted by molar-refractivity contribution is 5.93. The second-order valence-electron chi connectivity index (χ2n) is 5.45. The Hall–Kier alpha value is -2.24. The van der Waals surface area contributed by atoms with E-state index in [1.165, 1.54) is 17.4 Å². The molecule has 0 spiro atoms. The van der Waals surface area contributed by atoms with Crippen LogP contribution in [0.2, 0.25) is 0 Å². The number of hydrogen-bond acceptors (Lipinski definition) is 4. The van der Waals surface area contributed by atoms with Crippen LogP contribution in [0.4, 0.5) is 4.79 Å². The minimum atomic E-state index is -0.208. The number of para-hydroxylation sites is 1. The topological polar surface area (TPSA) is 65.4 Å². The van der Waals surface area contributed by atoms with Gasteiger partial charge in [0.2, 0.25) is 0 Å². The van der Waals surface area contributed by atoms with Crippen LogP contribution >= 0.6 is 0 Å². The quantitative estimate of drug-likeness (QED) is 0.891. The van der Waals surface area contributed by atoms with Crippen molar-refractivity contribution in [3.05, 3.63) is 18.2 Å². The summed E-state index contributed by atoms with van der Waals surface area (Å²) in [6.07, 6.45) is 3.60. The third kappa shape index (κ3) is 2.86. The van der Waals surface area contributed by atoms with E-state index in [1.54, 1.807) is 7.11 Å². The number of imidazole rings is 1. The van der Waals surface area contributed by atoms with E-state index in [0.717, 1.165) is 12.3 Å². The Balaban J connectivity index is 1.90. The molecule has 1 saturated carbocycles. The maximum Gasteiger partial charge on any atom is 0.330 e. The van der Waals surface area contributed by atoms with Crippen LogP contribution in [0.3, 0.4) is 0 Å². The number of fused-ring (bicyclic) bond motifs is 1. The van der Waals surface area contributed by atoms with Gasteiger partial charge in [-0.2, -0.15) is 4.98 Å². The molecule has 1 fully saturated rings. The largest absolute Gasteiger partial charge is 0.494 e. The van der Waals surface area contributed by atoms with Gasteiger partial charge < -0.3 is 14.8 Å². The van der Waals surface area contributed by atoms with Crippen molar-refractivity contribution in [3.63, 3.8) is 0 Å². The van der Waals surface area contributed by atoms with E-state index in [2.05, 4.69) is 10.3 Å². The molecule has 1 aliphatic carbocycles. The van der Waals surface area contributed by atoms with Crippen molar-refractivity contribution in [2.24, 2.45) is 5.92 Å². The van der Waals surface area contributed by atoms with Gasteiger partial charge in [-0.1, -0.05) is 18.9 Å². The van der Waals surface area contributed by atoms with Crippen LogP contribution in [0.1, 0.15) is 26.2 Å². The van der Waals surface area contributed by atoms with Gasteiger partial charge in [-0.25, -0.2) is 9.36 Å². The van der Waals surface area contributed by atoms with Crippen molar-refractivity contribution < 1.29 is 14.3 Å². The fraction of sp³-hybridized carbons (Fsp3) is 0.500. The number of carbonyl (C=O) groups excluding carboxylic acids is 1. The van der Waals surface area contributed by atoms with Crippen molar-refractivity contribution in [2.75, 3.05) is 20.3 Å². The van der Waals surface area contributed by atoms with E-state index < -0.39 is 0 Å². The molecule has 1 amide bonds. The molecule has 1 N–H and O–H groups in total. The first-order valence-electron chi connectivity index (χ1n) is 7.71. The Morgan fingerprint density at radius 3 is 2.95 bits per heavy atom. The molecule has 1 aromatic carbocycles. The van der Waals surface area contributed by atoms with Crippen molar-refractivity contribution in [1.29, 1.82) is 0 Å². The normalized spacial score (nSPS) is 14.1. The first-order chi connectivity index (χ1) is 10.7. The summed E-state index contributed by atoms with van der Waals surface area (Å²) in [4.78, 5) is 16.9.